The second-order valence-corrected chi connectivity index (χ2v) is 20.1. The van der Waals surface area contributed by atoms with Gasteiger partial charge in [-0.15, -0.1) is 0 Å². The zero-order valence-electron chi connectivity index (χ0n) is 18.4. The maximum absolute atomic E-state index is 10.8. The molecule has 6 heteroatoms. The second-order valence-electron chi connectivity index (χ2n) is 9.50. The van der Waals surface area contributed by atoms with E-state index in [1.54, 1.807) is 6.92 Å². The Kier molecular flexibility index (Phi) is 7.03. The molecule has 29 heavy (non-hydrogen) atoms. The van der Waals surface area contributed by atoms with Gasteiger partial charge in [0.15, 0.2) is 0 Å². The number of allylic oxidation sites excluding steroid dienone is 1. The van der Waals surface area contributed by atoms with Crippen molar-refractivity contribution in [2.45, 2.75) is 46.2 Å². The standard InChI is InChI=1S/C23H31NO2SSi2/c1-16(12-22(25)26)17-8-10-19(11-9-17)24-23(27)18-13-20(28(2,3)4)15-21(14-18)29(5,6)7/h8-15H,1-7H3,(H,24,27)(H,25,26). The van der Waals surface area contributed by atoms with Gasteiger partial charge in [0.1, 0.15) is 4.99 Å². The monoisotopic (exact) mass is 441 g/mol. The first kappa shape index (κ1) is 23.3. The summed E-state index contributed by atoms with van der Waals surface area (Å²) in [7, 11) is -2.93. The van der Waals surface area contributed by atoms with E-state index in [1.807, 2.05) is 24.3 Å². The van der Waals surface area contributed by atoms with Crippen LogP contribution in [-0.2, 0) is 4.79 Å². The van der Waals surface area contributed by atoms with E-state index in [4.69, 9.17) is 17.3 Å². The van der Waals surface area contributed by atoms with Crippen LogP contribution in [-0.4, -0.2) is 32.2 Å². The van der Waals surface area contributed by atoms with E-state index < -0.39 is 22.1 Å². The molecule has 2 aromatic carbocycles. The van der Waals surface area contributed by atoms with Crippen LogP contribution in [0.4, 0.5) is 5.69 Å². The first-order chi connectivity index (χ1) is 13.3. The van der Waals surface area contributed by atoms with Crippen LogP contribution < -0.4 is 15.7 Å². The number of carboxylic acid groups (broad SMARTS) is 1. The minimum absolute atomic E-state index is 0.717. The highest BCUT2D eigenvalue weighted by Gasteiger charge is 2.23. The highest BCUT2D eigenvalue weighted by atomic mass is 32.1. The van der Waals surface area contributed by atoms with Crippen molar-refractivity contribution >= 4 is 61.0 Å². The van der Waals surface area contributed by atoms with Gasteiger partial charge in [0.2, 0.25) is 0 Å². The molecule has 0 saturated carbocycles. The molecule has 0 amide bonds. The Morgan fingerprint density at radius 1 is 0.897 bits per heavy atom. The Balaban J connectivity index is 2.32. The lowest BCUT2D eigenvalue weighted by molar-refractivity contribution is -0.131. The van der Waals surface area contributed by atoms with Crippen LogP contribution in [0.25, 0.3) is 5.57 Å². The fraction of sp³-hybridized carbons (Fsp3) is 0.304. The summed E-state index contributed by atoms with van der Waals surface area (Å²) in [4.78, 5) is 11.6. The van der Waals surface area contributed by atoms with Crippen molar-refractivity contribution in [3.63, 3.8) is 0 Å². The molecule has 0 aromatic heterocycles. The van der Waals surface area contributed by atoms with Gasteiger partial charge in [-0.2, -0.15) is 0 Å². The Labute approximate surface area is 181 Å². The molecular formula is C23H31NO2SSi2. The molecule has 0 radical (unpaired) electrons. The van der Waals surface area contributed by atoms with E-state index in [0.717, 1.165) is 21.8 Å². The van der Waals surface area contributed by atoms with E-state index in [1.165, 1.54) is 16.4 Å². The minimum atomic E-state index is -1.47. The molecule has 0 spiro atoms. The molecule has 2 aromatic rings. The Morgan fingerprint density at radius 3 is 1.79 bits per heavy atom. The van der Waals surface area contributed by atoms with Gasteiger partial charge in [-0.25, -0.2) is 4.79 Å². The molecule has 0 unspecified atom stereocenters. The lowest BCUT2D eigenvalue weighted by atomic mass is 10.1. The van der Waals surface area contributed by atoms with Crippen molar-refractivity contribution in [3.05, 3.63) is 59.7 Å². The number of carboxylic acids is 1. The zero-order valence-corrected chi connectivity index (χ0v) is 21.2. The summed E-state index contributed by atoms with van der Waals surface area (Å²) >= 11 is 5.74. The number of aliphatic carboxylic acids is 1. The number of benzene rings is 2. The largest absolute Gasteiger partial charge is 0.478 e. The van der Waals surface area contributed by atoms with Gasteiger partial charge in [-0.3, -0.25) is 0 Å². The zero-order chi connectivity index (χ0) is 22.0. The average molecular weight is 442 g/mol. The van der Waals surface area contributed by atoms with Crippen molar-refractivity contribution in [1.29, 1.82) is 0 Å². The summed E-state index contributed by atoms with van der Waals surface area (Å²) in [5.41, 5.74) is 3.57. The average Bonchev–Trinajstić information content (AvgIpc) is 2.59. The normalized spacial score (nSPS) is 12.6. The lowest BCUT2D eigenvalue weighted by Crippen LogP contribution is -2.45. The Bertz CT molecular complexity index is 920. The summed E-state index contributed by atoms with van der Waals surface area (Å²) < 4.78 is 0. The number of hydrogen-bond donors (Lipinski definition) is 2. The molecular weight excluding hydrogens is 410 g/mol. The van der Waals surface area contributed by atoms with Crippen LogP contribution in [0.2, 0.25) is 39.3 Å². The molecule has 2 N–H and O–H groups in total. The first-order valence-corrected chi connectivity index (χ1v) is 17.2. The predicted octanol–water partition coefficient (Wildman–Crippen LogP) is 5.05. The van der Waals surface area contributed by atoms with E-state index in [2.05, 4.69) is 62.8 Å². The topological polar surface area (TPSA) is 49.3 Å². The van der Waals surface area contributed by atoms with E-state index in [-0.39, 0.29) is 0 Å². The van der Waals surface area contributed by atoms with Crippen molar-refractivity contribution in [2.75, 3.05) is 5.32 Å². The number of anilines is 1. The summed E-state index contributed by atoms with van der Waals surface area (Å²) in [6.45, 7) is 16.0. The molecule has 154 valence electrons. The van der Waals surface area contributed by atoms with Crippen LogP contribution in [0.3, 0.4) is 0 Å². The van der Waals surface area contributed by atoms with E-state index in [0.29, 0.717) is 5.57 Å². The van der Waals surface area contributed by atoms with Gasteiger partial charge in [0.05, 0.1) is 16.1 Å². The van der Waals surface area contributed by atoms with Crippen LogP contribution >= 0.6 is 12.2 Å². The third-order valence-electron chi connectivity index (χ3n) is 4.87. The fourth-order valence-electron chi connectivity index (χ4n) is 2.91. The summed E-state index contributed by atoms with van der Waals surface area (Å²) in [5, 5.41) is 15.1. The summed E-state index contributed by atoms with van der Waals surface area (Å²) in [5.74, 6) is -0.939. The number of carbonyl (C=O) groups is 1. The third kappa shape index (κ3) is 6.49. The molecule has 0 aliphatic carbocycles. The maximum atomic E-state index is 10.8. The first-order valence-electron chi connectivity index (χ1n) is 9.76. The van der Waals surface area contributed by atoms with E-state index in [9.17, 15) is 4.79 Å². The smallest absolute Gasteiger partial charge is 0.328 e. The highest BCUT2D eigenvalue weighted by molar-refractivity contribution is 7.81. The SMILES string of the molecule is CC(=CC(=O)O)c1ccc(NC(=S)c2cc([Si](C)(C)C)cc([Si](C)(C)C)c2)cc1. The third-order valence-corrected chi connectivity index (χ3v) is 9.24. The summed E-state index contributed by atoms with van der Waals surface area (Å²) in [6, 6.07) is 14.6. The van der Waals surface area contributed by atoms with Gasteiger partial charge < -0.3 is 10.4 Å². The minimum Gasteiger partial charge on any atom is -0.478 e. The molecule has 0 bridgehead atoms. The van der Waals surface area contributed by atoms with Gasteiger partial charge in [0, 0.05) is 17.3 Å². The highest BCUT2D eigenvalue weighted by Crippen LogP contribution is 2.18. The van der Waals surface area contributed by atoms with Gasteiger partial charge >= 0.3 is 5.97 Å². The number of thiocarbonyl (C=S) groups is 1. The molecule has 0 aliphatic rings. The molecule has 3 nitrogen and oxygen atoms in total. The maximum Gasteiger partial charge on any atom is 0.328 e. The fourth-order valence-corrected chi connectivity index (χ4v) is 5.65. The molecule has 2 rings (SSSR count). The predicted molar refractivity (Wildman–Crippen MR) is 135 cm³/mol. The molecule has 0 aliphatic heterocycles. The van der Waals surface area contributed by atoms with Crippen molar-refractivity contribution < 1.29 is 9.90 Å². The Hall–Kier alpha value is -2.03. The Morgan fingerprint density at radius 2 is 1.38 bits per heavy atom. The molecule has 0 fully saturated rings. The van der Waals surface area contributed by atoms with Crippen LogP contribution in [0.1, 0.15) is 18.1 Å². The summed E-state index contributed by atoms with van der Waals surface area (Å²) in [6.07, 6.45) is 1.22. The van der Waals surface area contributed by atoms with Gasteiger partial charge in [-0.1, -0.05) is 92.2 Å². The molecule has 0 heterocycles. The van der Waals surface area contributed by atoms with E-state index >= 15 is 0 Å². The van der Waals surface area contributed by atoms with Crippen molar-refractivity contribution in [1.82, 2.24) is 0 Å². The van der Waals surface area contributed by atoms with Crippen LogP contribution in [0.15, 0.2) is 48.5 Å². The van der Waals surface area contributed by atoms with Crippen molar-refractivity contribution in [2.24, 2.45) is 0 Å². The lowest BCUT2D eigenvalue weighted by Gasteiger charge is -2.24. The molecule has 0 atom stereocenters. The van der Waals surface area contributed by atoms with Gasteiger partial charge in [0.25, 0.3) is 0 Å². The van der Waals surface area contributed by atoms with Crippen LogP contribution in [0.5, 0.6) is 0 Å². The second kappa shape index (κ2) is 8.77. The quantitative estimate of drug-likeness (QED) is 0.374. The van der Waals surface area contributed by atoms with Gasteiger partial charge in [-0.05, 0) is 30.2 Å². The van der Waals surface area contributed by atoms with Crippen LogP contribution in [0, 0.1) is 0 Å². The number of rotatable bonds is 6. The number of hydrogen-bond acceptors (Lipinski definition) is 2. The molecule has 0 saturated heterocycles. The number of nitrogens with one attached hydrogen (secondary N) is 1. The van der Waals surface area contributed by atoms with Crippen molar-refractivity contribution in [3.8, 4) is 0 Å².